The number of aromatic nitrogens is 3. The molecule has 0 radical (unpaired) electrons. The van der Waals surface area contributed by atoms with E-state index in [0.29, 0.717) is 17.9 Å². The highest BCUT2D eigenvalue weighted by Crippen LogP contribution is 2.39. The van der Waals surface area contributed by atoms with Crippen molar-refractivity contribution in [3.8, 4) is 11.3 Å². The number of ether oxygens (including phenoxy) is 1. The Labute approximate surface area is 195 Å². The molecule has 4 aromatic rings. The van der Waals surface area contributed by atoms with Gasteiger partial charge >= 0.3 is 0 Å². The molecule has 2 saturated heterocycles. The lowest BCUT2D eigenvalue weighted by atomic mass is 9.87. The van der Waals surface area contributed by atoms with Crippen LogP contribution in [0.5, 0.6) is 0 Å². The summed E-state index contributed by atoms with van der Waals surface area (Å²) in [6, 6.07) is 10.1. The molecule has 5 nitrogen and oxygen atoms in total. The second-order valence-electron chi connectivity index (χ2n) is 10.4. The van der Waals surface area contributed by atoms with Gasteiger partial charge in [-0.05, 0) is 86.5 Å². The first kappa shape index (κ1) is 20.9. The lowest BCUT2D eigenvalue weighted by Crippen LogP contribution is -2.51. The van der Waals surface area contributed by atoms with Crippen LogP contribution in [0.4, 0.5) is 0 Å². The number of benzene rings is 1. The molecule has 0 saturated carbocycles. The van der Waals surface area contributed by atoms with Gasteiger partial charge in [-0.15, -0.1) is 0 Å². The van der Waals surface area contributed by atoms with Crippen molar-refractivity contribution in [2.45, 2.75) is 58.4 Å². The first-order valence-corrected chi connectivity index (χ1v) is 12.4. The fourth-order valence-electron chi connectivity index (χ4n) is 5.87. The molecule has 1 aromatic carbocycles. The lowest BCUT2D eigenvalue weighted by molar-refractivity contribution is -0.0712. The molecule has 5 heterocycles. The van der Waals surface area contributed by atoms with E-state index in [2.05, 4.69) is 83.6 Å². The zero-order valence-corrected chi connectivity index (χ0v) is 20.2. The molecule has 0 aliphatic carbocycles. The van der Waals surface area contributed by atoms with Crippen LogP contribution in [0.25, 0.3) is 27.8 Å². The van der Waals surface area contributed by atoms with Crippen LogP contribution < -0.4 is 0 Å². The van der Waals surface area contributed by atoms with Crippen molar-refractivity contribution in [2.24, 2.45) is 0 Å². The van der Waals surface area contributed by atoms with E-state index in [-0.39, 0.29) is 0 Å². The Morgan fingerprint density at radius 2 is 1.85 bits per heavy atom. The summed E-state index contributed by atoms with van der Waals surface area (Å²) in [6.45, 7) is 13.1. The topological polar surface area (TPSA) is 45.6 Å². The van der Waals surface area contributed by atoms with Gasteiger partial charge in [0.25, 0.3) is 0 Å². The number of piperidine rings is 1. The first-order chi connectivity index (χ1) is 16.0. The van der Waals surface area contributed by atoms with E-state index in [4.69, 9.17) is 4.74 Å². The summed E-state index contributed by atoms with van der Waals surface area (Å²) in [7, 11) is 0. The van der Waals surface area contributed by atoms with Gasteiger partial charge in [-0.25, -0.2) is 4.98 Å². The van der Waals surface area contributed by atoms with Gasteiger partial charge in [0.2, 0.25) is 0 Å². The molecule has 1 N–H and O–H groups in total. The molecule has 2 fully saturated rings. The number of hydrogen-bond acceptors (Lipinski definition) is 3. The number of nitrogens with zero attached hydrogens (tertiary/aromatic N) is 3. The van der Waals surface area contributed by atoms with Crippen molar-refractivity contribution in [3.63, 3.8) is 0 Å². The van der Waals surface area contributed by atoms with Crippen LogP contribution in [0, 0.1) is 13.8 Å². The van der Waals surface area contributed by atoms with Crippen LogP contribution >= 0.6 is 0 Å². The maximum atomic E-state index is 5.40. The third-order valence-electron chi connectivity index (χ3n) is 7.72. The molecule has 2 aliphatic rings. The Morgan fingerprint density at radius 1 is 1.06 bits per heavy atom. The summed E-state index contributed by atoms with van der Waals surface area (Å²) in [5, 5.41) is 1.38. The van der Waals surface area contributed by atoms with Gasteiger partial charge in [-0.3, -0.25) is 4.90 Å². The largest absolute Gasteiger partial charge is 0.378 e. The summed E-state index contributed by atoms with van der Waals surface area (Å²) in [5.74, 6) is 1.09. The summed E-state index contributed by atoms with van der Waals surface area (Å²) in [4.78, 5) is 11.1. The van der Waals surface area contributed by atoms with Crippen molar-refractivity contribution in [1.29, 1.82) is 0 Å². The number of aryl methyl sites for hydroxylation is 2. The molecule has 0 unspecified atom stereocenters. The van der Waals surface area contributed by atoms with Crippen LogP contribution in [0.2, 0.25) is 0 Å². The maximum Gasteiger partial charge on any atom is 0.139 e. The number of rotatable bonds is 4. The van der Waals surface area contributed by atoms with Gasteiger partial charge in [0.1, 0.15) is 5.65 Å². The van der Waals surface area contributed by atoms with Crippen molar-refractivity contribution < 1.29 is 4.74 Å². The van der Waals surface area contributed by atoms with Gasteiger partial charge in [-0.2, -0.15) is 0 Å². The van der Waals surface area contributed by atoms with Crippen LogP contribution in [-0.4, -0.2) is 51.6 Å². The Morgan fingerprint density at radius 3 is 2.55 bits per heavy atom. The van der Waals surface area contributed by atoms with E-state index in [1.54, 1.807) is 0 Å². The molecule has 0 spiro atoms. The molecule has 5 heteroatoms. The Balaban J connectivity index is 1.37. The minimum atomic E-state index is 0.435. The zero-order chi connectivity index (χ0) is 22.7. The average Bonchev–Trinajstić information content (AvgIpc) is 3.33. The lowest BCUT2D eigenvalue weighted by Gasteiger charge is -2.41. The monoisotopic (exact) mass is 442 g/mol. The fourth-order valence-corrected chi connectivity index (χ4v) is 5.87. The Hall–Kier alpha value is -2.63. The normalized spacial score (nSPS) is 18.6. The SMILES string of the molecule is Cc1cn2cc(-c3[nH]c4ccc(C5CCN(C6COC6)CC5)cc4c3C(C)C)cc(C)c2n1. The maximum absolute atomic E-state index is 5.40. The molecule has 0 bridgehead atoms. The van der Waals surface area contributed by atoms with E-state index in [1.165, 1.54) is 64.8 Å². The molecule has 2 aliphatic heterocycles. The van der Waals surface area contributed by atoms with Crippen LogP contribution in [-0.2, 0) is 4.74 Å². The van der Waals surface area contributed by atoms with Gasteiger partial charge in [0.05, 0.1) is 30.6 Å². The van der Waals surface area contributed by atoms with E-state index < -0.39 is 0 Å². The highest BCUT2D eigenvalue weighted by Gasteiger charge is 2.30. The van der Waals surface area contributed by atoms with Crippen molar-refractivity contribution in [2.75, 3.05) is 26.3 Å². The Bertz CT molecular complexity index is 1320. The Kier molecular flexibility index (Phi) is 5.07. The number of aromatic amines is 1. The van der Waals surface area contributed by atoms with Crippen LogP contribution in [0.1, 0.15) is 60.9 Å². The second-order valence-corrected chi connectivity index (χ2v) is 10.4. The summed E-state index contributed by atoms with van der Waals surface area (Å²) in [5.41, 5.74) is 9.93. The average molecular weight is 443 g/mol. The zero-order valence-electron chi connectivity index (χ0n) is 20.2. The van der Waals surface area contributed by atoms with Crippen LogP contribution in [0.15, 0.2) is 36.7 Å². The summed E-state index contributed by atoms with van der Waals surface area (Å²) in [6.07, 6.45) is 6.82. The minimum absolute atomic E-state index is 0.435. The smallest absolute Gasteiger partial charge is 0.139 e. The van der Waals surface area contributed by atoms with Crippen molar-refractivity contribution in [1.82, 2.24) is 19.3 Å². The molecule has 3 aromatic heterocycles. The fraction of sp³-hybridized carbons (Fsp3) is 0.464. The molecule has 33 heavy (non-hydrogen) atoms. The second kappa shape index (κ2) is 8.00. The van der Waals surface area contributed by atoms with Gasteiger partial charge in [0.15, 0.2) is 0 Å². The highest BCUT2D eigenvalue weighted by molar-refractivity contribution is 5.92. The molecular formula is C28H34N4O. The summed E-state index contributed by atoms with van der Waals surface area (Å²) >= 11 is 0. The molecule has 172 valence electrons. The van der Waals surface area contributed by atoms with Crippen molar-refractivity contribution >= 4 is 16.6 Å². The molecule has 0 amide bonds. The predicted octanol–water partition coefficient (Wildman–Crippen LogP) is 5.80. The standard InChI is InChI=1S/C28H34N4O/c1-17(2)26-24-12-21(20-7-9-31(10-8-20)23-15-33-16-23)5-6-25(24)30-27(26)22-11-18(3)28-29-19(4)13-32(28)14-22/h5-6,11-14,17,20,23,30H,7-10,15-16H2,1-4H3. The third kappa shape index (κ3) is 3.58. The highest BCUT2D eigenvalue weighted by atomic mass is 16.5. The van der Waals surface area contributed by atoms with Gasteiger partial charge in [-0.1, -0.05) is 19.9 Å². The van der Waals surface area contributed by atoms with E-state index in [0.717, 1.165) is 24.6 Å². The molecule has 6 rings (SSSR count). The first-order valence-electron chi connectivity index (χ1n) is 12.4. The molecular weight excluding hydrogens is 408 g/mol. The number of imidazole rings is 1. The summed E-state index contributed by atoms with van der Waals surface area (Å²) < 4.78 is 7.57. The van der Waals surface area contributed by atoms with E-state index >= 15 is 0 Å². The molecule has 0 atom stereocenters. The van der Waals surface area contributed by atoms with E-state index in [1.807, 2.05) is 0 Å². The van der Waals surface area contributed by atoms with Crippen LogP contribution in [0.3, 0.4) is 0 Å². The number of likely N-dealkylation sites (tertiary alicyclic amines) is 1. The predicted molar refractivity (Wildman–Crippen MR) is 134 cm³/mol. The quantitative estimate of drug-likeness (QED) is 0.434. The van der Waals surface area contributed by atoms with Gasteiger partial charge < -0.3 is 14.1 Å². The van der Waals surface area contributed by atoms with Crippen molar-refractivity contribution in [3.05, 3.63) is 59.0 Å². The number of nitrogens with one attached hydrogen (secondary N) is 1. The number of pyridine rings is 1. The third-order valence-corrected chi connectivity index (χ3v) is 7.72. The number of fused-ring (bicyclic) bond motifs is 2. The minimum Gasteiger partial charge on any atom is -0.378 e. The number of hydrogen-bond donors (Lipinski definition) is 1. The van der Waals surface area contributed by atoms with E-state index in [9.17, 15) is 0 Å². The van der Waals surface area contributed by atoms with Gasteiger partial charge in [0, 0.05) is 28.9 Å². The number of H-pyrrole nitrogens is 1.